The fourth-order valence-corrected chi connectivity index (χ4v) is 0.777. The van der Waals surface area contributed by atoms with Crippen molar-refractivity contribution in [3.05, 3.63) is 0 Å². The van der Waals surface area contributed by atoms with Gasteiger partial charge in [-0.05, 0) is 0 Å². The van der Waals surface area contributed by atoms with E-state index in [1.165, 1.54) is 0 Å². The maximum absolute atomic E-state index is 10.4. The molecule has 0 radical (unpaired) electrons. The summed E-state index contributed by atoms with van der Waals surface area (Å²) < 4.78 is 4.35. The quantitative estimate of drug-likeness (QED) is 0.362. The highest BCUT2D eigenvalue weighted by Gasteiger charge is 2.41. The number of carbonyl (C=O) groups excluding carboxylic acids is 1. The summed E-state index contributed by atoms with van der Waals surface area (Å²) in [5.74, 6) is -0.883. The molecule has 0 aromatic rings. The highest BCUT2D eigenvalue weighted by Crippen LogP contribution is 2.14. The summed E-state index contributed by atoms with van der Waals surface area (Å²) in [5, 5.41) is 26.0. The van der Waals surface area contributed by atoms with E-state index in [1.54, 1.807) is 0 Å². The number of cyclic esters (lactones) is 1. The number of hydrogen-bond acceptors (Lipinski definition) is 5. The Morgan fingerprint density at radius 3 is 2.30 bits per heavy atom. The van der Waals surface area contributed by atoms with Crippen LogP contribution >= 0.6 is 0 Å². The zero-order valence-corrected chi connectivity index (χ0v) is 5.10. The lowest BCUT2D eigenvalue weighted by atomic mass is 10.1. The van der Waals surface area contributed by atoms with Gasteiger partial charge in [0.2, 0.25) is 0 Å². The standard InChI is InChI=1S/C5H8O5/c6-1-2-3(7)4(8)5(9)10-2/h2-4,6-8H,1H2/t2-,3+,4?/m1/s1. The molecule has 5 heteroatoms. The van der Waals surface area contributed by atoms with Crippen LogP contribution in [-0.2, 0) is 9.53 Å². The third-order valence-corrected chi connectivity index (χ3v) is 1.39. The first-order chi connectivity index (χ1) is 4.66. The van der Waals surface area contributed by atoms with Crippen molar-refractivity contribution in [1.29, 1.82) is 0 Å². The van der Waals surface area contributed by atoms with E-state index in [2.05, 4.69) is 4.74 Å². The predicted octanol–water partition coefficient (Wildman–Crippen LogP) is -2.37. The van der Waals surface area contributed by atoms with Gasteiger partial charge in [-0.1, -0.05) is 0 Å². The second-order valence-electron chi connectivity index (χ2n) is 2.09. The number of aliphatic hydroxyl groups excluding tert-OH is 3. The van der Waals surface area contributed by atoms with Crippen molar-refractivity contribution >= 4 is 5.97 Å². The Morgan fingerprint density at radius 1 is 1.50 bits per heavy atom. The van der Waals surface area contributed by atoms with E-state index < -0.39 is 30.9 Å². The fraction of sp³-hybridized carbons (Fsp3) is 0.800. The van der Waals surface area contributed by atoms with Gasteiger partial charge >= 0.3 is 5.97 Å². The Hall–Kier alpha value is -0.650. The molecule has 3 N–H and O–H groups in total. The second kappa shape index (κ2) is 2.53. The molecule has 58 valence electrons. The number of ether oxygens (including phenoxy) is 1. The Labute approximate surface area is 56.9 Å². The smallest absolute Gasteiger partial charge is 0.338 e. The summed E-state index contributed by atoms with van der Waals surface area (Å²) >= 11 is 0. The number of aliphatic hydroxyl groups is 3. The minimum Gasteiger partial charge on any atom is -0.455 e. The van der Waals surface area contributed by atoms with Gasteiger partial charge in [-0.25, -0.2) is 4.79 Å². The first-order valence-electron chi connectivity index (χ1n) is 2.84. The van der Waals surface area contributed by atoms with Gasteiger partial charge in [-0.3, -0.25) is 0 Å². The number of esters is 1. The van der Waals surface area contributed by atoms with Crippen molar-refractivity contribution < 1.29 is 24.9 Å². The van der Waals surface area contributed by atoms with Gasteiger partial charge in [0.1, 0.15) is 6.10 Å². The molecule has 1 saturated heterocycles. The van der Waals surface area contributed by atoms with Crippen LogP contribution in [0.1, 0.15) is 0 Å². The van der Waals surface area contributed by atoms with E-state index in [-0.39, 0.29) is 0 Å². The lowest BCUT2D eigenvalue weighted by Crippen LogP contribution is -2.32. The minimum absolute atomic E-state index is 0.468. The van der Waals surface area contributed by atoms with Crippen LogP contribution < -0.4 is 0 Å². The molecule has 0 aromatic carbocycles. The van der Waals surface area contributed by atoms with E-state index in [0.29, 0.717) is 0 Å². The molecule has 0 amide bonds. The molecular formula is C5H8O5. The Kier molecular flexibility index (Phi) is 1.89. The van der Waals surface area contributed by atoms with Gasteiger partial charge in [0.05, 0.1) is 6.61 Å². The maximum Gasteiger partial charge on any atom is 0.338 e. The molecule has 0 aromatic heterocycles. The van der Waals surface area contributed by atoms with Crippen LogP contribution in [0.5, 0.6) is 0 Å². The lowest BCUT2D eigenvalue weighted by molar-refractivity contribution is -0.148. The second-order valence-corrected chi connectivity index (χ2v) is 2.09. The topological polar surface area (TPSA) is 87.0 Å². The third-order valence-electron chi connectivity index (χ3n) is 1.39. The lowest BCUT2D eigenvalue weighted by Gasteiger charge is -2.08. The average Bonchev–Trinajstić information content (AvgIpc) is 2.17. The Bertz CT molecular complexity index is 145. The molecule has 1 aliphatic heterocycles. The zero-order chi connectivity index (χ0) is 7.72. The van der Waals surface area contributed by atoms with Crippen LogP contribution in [0.4, 0.5) is 0 Å². The monoisotopic (exact) mass is 148 g/mol. The normalized spacial score (nSPS) is 39.9. The Morgan fingerprint density at radius 2 is 2.10 bits per heavy atom. The minimum atomic E-state index is -1.50. The van der Waals surface area contributed by atoms with Gasteiger partial charge in [0.25, 0.3) is 0 Å². The highest BCUT2D eigenvalue weighted by molar-refractivity contribution is 5.77. The summed E-state index contributed by atoms with van der Waals surface area (Å²) in [6.45, 7) is -0.468. The largest absolute Gasteiger partial charge is 0.455 e. The fourth-order valence-electron chi connectivity index (χ4n) is 0.777. The number of carbonyl (C=O) groups is 1. The van der Waals surface area contributed by atoms with Crippen LogP contribution in [-0.4, -0.2) is 46.2 Å². The molecule has 1 unspecified atom stereocenters. The van der Waals surface area contributed by atoms with Crippen LogP contribution in [0, 0.1) is 0 Å². The number of rotatable bonds is 1. The number of hydrogen-bond donors (Lipinski definition) is 3. The molecule has 1 rings (SSSR count). The molecule has 5 nitrogen and oxygen atoms in total. The van der Waals surface area contributed by atoms with Crippen molar-refractivity contribution in [1.82, 2.24) is 0 Å². The summed E-state index contributed by atoms with van der Waals surface area (Å²) in [6.07, 6.45) is -3.77. The summed E-state index contributed by atoms with van der Waals surface area (Å²) in [5.41, 5.74) is 0. The van der Waals surface area contributed by atoms with E-state index in [1.807, 2.05) is 0 Å². The van der Waals surface area contributed by atoms with E-state index in [0.717, 1.165) is 0 Å². The van der Waals surface area contributed by atoms with Crippen molar-refractivity contribution in [2.75, 3.05) is 6.61 Å². The van der Waals surface area contributed by atoms with Crippen molar-refractivity contribution in [3.8, 4) is 0 Å². The first-order valence-corrected chi connectivity index (χ1v) is 2.84. The van der Waals surface area contributed by atoms with E-state index in [9.17, 15) is 4.79 Å². The van der Waals surface area contributed by atoms with Gasteiger partial charge in [0.15, 0.2) is 12.2 Å². The molecule has 3 atom stereocenters. The summed E-state index contributed by atoms with van der Waals surface area (Å²) in [4.78, 5) is 10.4. The molecule has 1 aliphatic rings. The van der Waals surface area contributed by atoms with Crippen molar-refractivity contribution in [2.45, 2.75) is 18.3 Å². The van der Waals surface area contributed by atoms with Gasteiger partial charge in [-0.15, -0.1) is 0 Å². The SMILES string of the molecule is O=C1O[C@H](CO)[C@H](O)C1O. The van der Waals surface area contributed by atoms with Crippen molar-refractivity contribution in [2.24, 2.45) is 0 Å². The van der Waals surface area contributed by atoms with Crippen LogP contribution in [0.3, 0.4) is 0 Å². The zero-order valence-electron chi connectivity index (χ0n) is 5.10. The van der Waals surface area contributed by atoms with E-state index >= 15 is 0 Å². The maximum atomic E-state index is 10.4. The van der Waals surface area contributed by atoms with Crippen LogP contribution in [0.25, 0.3) is 0 Å². The molecule has 0 saturated carbocycles. The predicted molar refractivity (Wildman–Crippen MR) is 29.0 cm³/mol. The van der Waals surface area contributed by atoms with Crippen LogP contribution in [0.15, 0.2) is 0 Å². The molecule has 0 spiro atoms. The van der Waals surface area contributed by atoms with Crippen molar-refractivity contribution in [3.63, 3.8) is 0 Å². The molecule has 10 heavy (non-hydrogen) atoms. The van der Waals surface area contributed by atoms with Gasteiger partial charge < -0.3 is 20.1 Å². The first kappa shape index (κ1) is 7.46. The Balaban J connectivity index is 2.61. The van der Waals surface area contributed by atoms with Gasteiger partial charge in [0, 0.05) is 0 Å². The molecule has 1 heterocycles. The summed E-state index contributed by atoms with van der Waals surface area (Å²) in [7, 11) is 0. The third kappa shape index (κ3) is 0.985. The summed E-state index contributed by atoms with van der Waals surface area (Å²) in [6, 6.07) is 0. The highest BCUT2D eigenvalue weighted by atomic mass is 16.6. The van der Waals surface area contributed by atoms with Gasteiger partial charge in [-0.2, -0.15) is 0 Å². The average molecular weight is 148 g/mol. The molecule has 1 fully saturated rings. The van der Waals surface area contributed by atoms with Crippen LogP contribution in [0.2, 0.25) is 0 Å². The molecular weight excluding hydrogens is 140 g/mol. The molecule has 0 bridgehead atoms. The molecule has 0 aliphatic carbocycles. The van der Waals surface area contributed by atoms with E-state index in [4.69, 9.17) is 15.3 Å².